The fourth-order valence-corrected chi connectivity index (χ4v) is 3.48. The van der Waals surface area contributed by atoms with Gasteiger partial charge in [0.2, 0.25) is 5.91 Å². The van der Waals surface area contributed by atoms with E-state index in [2.05, 4.69) is 10.3 Å². The number of carbonyl (C=O) groups excluding carboxylic acids is 1. The summed E-state index contributed by atoms with van der Waals surface area (Å²) >= 11 is 6.02. The van der Waals surface area contributed by atoms with E-state index in [4.69, 9.17) is 16.3 Å². The number of nitrogens with zero attached hydrogens (tertiary/aromatic N) is 4. The molecule has 2 heterocycles. The van der Waals surface area contributed by atoms with Crippen molar-refractivity contribution >= 4 is 17.5 Å². The van der Waals surface area contributed by atoms with Gasteiger partial charge in [-0.1, -0.05) is 41.1 Å². The Balaban J connectivity index is 1.24. The molecular formula is C21H20ClFN4O2. The van der Waals surface area contributed by atoms with Gasteiger partial charge in [-0.05, 0) is 30.7 Å². The van der Waals surface area contributed by atoms with Gasteiger partial charge in [-0.15, -0.1) is 5.10 Å². The van der Waals surface area contributed by atoms with Crippen LogP contribution in [0.25, 0.3) is 0 Å². The van der Waals surface area contributed by atoms with Crippen LogP contribution >= 0.6 is 11.6 Å². The lowest BCUT2D eigenvalue weighted by Crippen LogP contribution is -2.51. The van der Waals surface area contributed by atoms with Crippen LogP contribution in [0.2, 0.25) is 5.02 Å². The molecule has 0 bridgehead atoms. The minimum atomic E-state index is -0.375. The normalized spacial score (nSPS) is 13.9. The lowest BCUT2D eigenvalue weighted by molar-refractivity contribution is -0.137. The summed E-state index contributed by atoms with van der Waals surface area (Å²) in [5, 5.41) is 8.62. The number of hydrogen-bond donors (Lipinski definition) is 0. The molecule has 0 unspecified atom stereocenters. The van der Waals surface area contributed by atoms with E-state index in [1.165, 1.54) is 6.07 Å². The standard InChI is InChI=1S/C21H20ClFN4O2/c22-19-7-4-8-20(23)18(19)9-10-21(28)26-12-16(13-26)27-11-15(24-25-27)14-29-17-5-2-1-3-6-17/h1-8,11,16H,9-10,12-14H2. The van der Waals surface area contributed by atoms with Crippen LogP contribution in [0.1, 0.15) is 23.7 Å². The molecule has 2 aromatic carbocycles. The smallest absolute Gasteiger partial charge is 0.223 e. The molecule has 0 spiro atoms. The van der Waals surface area contributed by atoms with Gasteiger partial charge < -0.3 is 9.64 Å². The second-order valence-electron chi connectivity index (χ2n) is 6.94. The van der Waals surface area contributed by atoms with Crippen molar-refractivity contribution in [3.8, 4) is 5.75 Å². The lowest BCUT2D eigenvalue weighted by Gasteiger charge is -2.39. The highest BCUT2D eigenvalue weighted by Gasteiger charge is 2.32. The van der Waals surface area contributed by atoms with Crippen LogP contribution in [0.3, 0.4) is 0 Å². The van der Waals surface area contributed by atoms with Crippen LogP contribution in [0, 0.1) is 5.82 Å². The van der Waals surface area contributed by atoms with Crippen LogP contribution in [-0.4, -0.2) is 38.9 Å². The summed E-state index contributed by atoms with van der Waals surface area (Å²) in [6.45, 7) is 1.46. The number of benzene rings is 2. The Morgan fingerprint density at radius 3 is 2.72 bits per heavy atom. The number of rotatable bonds is 7. The minimum absolute atomic E-state index is 0.0201. The van der Waals surface area contributed by atoms with Gasteiger partial charge in [-0.3, -0.25) is 4.79 Å². The van der Waals surface area contributed by atoms with Crippen molar-refractivity contribution in [2.45, 2.75) is 25.5 Å². The highest BCUT2D eigenvalue weighted by atomic mass is 35.5. The number of likely N-dealkylation sites (tertiary alicyclic amines) is 1. The number of aromatic nitrogens is 3. The van der Waals surface area contributed by atoms with Gasteiger partial charge in [-0.2, -0.15) is 0 Å². The van der Waals surface area contributed by atoms with Gasteiger partial charge in [0.15, 0.2) is 0 Å². The molecule has 29 heavy (non-hydrogen) atoms. The van der Waals surface area contributed by atoms with E-state index >= 15 is 0 Å². The topological polar surface area (TPSA) is 60.2 Å². The van der Waals surface area contributed by atoms with Gasteiger partial charge in [0.05, 0.1) is 12.2 Å². The molecule has 0 radical (unpaired) electrons. The van der Waals surface area contributed by atoms with Crippen LogP contribution in [-0.2, 0) is 17.8 Å². The first kappa shape index (κ1) is 19.4. The van der Waals surface area contributed by atoms with E-state index in [-0.39, 0.29) is 30.6 Å². The van der Waals surface area contributed by atoms with E-state index in [1.807, 2.05) is 36.5 Å². The van der Waals surface area contributed by atoms with E-state index in [9.17, 15) is 9.18 Å². The monoisotopic (exact) mass is 414 g/mol. The van der Waals surface area contributed by atoms with E-state index in [0.29, 0.717) is 30.3 Å². The predicted octanol–water partition coefficient (Wildman–Crippen LogP) is 3.67. The third kappa shape index (κ3) is 4.56. The maximum Gasteiger partial charge on any atom is 0.223 e. The van der Waals surface area contributed by atoms with Crippen molar-refractivity contribution in [2.75, 3.05) is 13.1 Å². The summed E-state index contributed by atoms with van der Waals surface area (Å²) in [6.07, 6.45) is 2.35. The Bertz CT molecular complexity index is 969. The molecule has 1 aliphatic heterocycles. The summed E-state index contributed by atoms with van der Waals surface area (Å²) in [5.41, 5.74) is 1.12. The van der Waals surface area contributed by atoms with Crippen molar-refractivity contribution in [1.29, 1.82) is 0 Å². The Morgan fingerprint density at radius 1 is 1.17 bits per heavy atom. The number of amides is 1. The maximum atomic E-state index is 13.8. The predicted molar refractivity (Wildman–Crippen MR) is 106 cm³/mol. The highest BCUT2D eigenvalue weighted by molar-refractivity contribution is 6.31. The molecule has 1 aliphatic rings. The molecule has 0 atom stereocenters. The minimum Gasteiger partial charge on any atom is -0.487 e. The zero-order valence-corrected chi connectivity index (χ0v) is 16.4. The quantitative estimate of drug-likeness (QED) is 0.592. The number of carbonyl (C=O) groups is 1. The molecular weight excluding hydrogens is 395 g/mol. The van der Waals surface area contributed by atoms with Gasteiger partial charge in [0.1, 0.15) is 23.9 Å². The lowest BCUT2D eigenvalue weighted by atomic mass is 10.1. The zero-order chi connectivity index (χ0) is 20.2. The number of para-hydroxylation sites is 1. The molecule has 1 saturated heterocycles. The molecule has 8 heteroatoms. The fraction of sp³-hybridized carbons (Fsp3) is 0.286. The van der Waals surface area contributed by atoms with Gasteiger partial charge in [0, 0.05) is 30.1 Å². The second-order valence-corrected chi connectivity index (χ2v) is 7.35. The summed E-state index contributed by atoms with van der Waals surface area (Å²) in [4.78, 5) is 14.1. The van der Waals surface area contributed by atoms with Crippen molar-refractivity contribution in [2.24, 2.45) is 0 Å². The SMILES string of the molecule is O=C(CCc1c(F)cccc1Cl)N1CC(n2cc(COc3ccccc3)nn2)C1. The number of ether oxygens (including phenoxy) is 1. The first-order valence-corrected chi connectivity index (χ1v) is 9.77. The molecule has 0 N–H and O–H groups in total. The van der Waals surface area contributed by atoms with Gasteiger partial charge >= 0.3 is 0 Å². The Morgan fingerprint density at radius 2 is 1.97 bits per heavy atom. The third-order valence-electron chi connectivity index (χ3n) is 4.93. The Kier molecular flexibility index (Phi) is 5.76. The van der Waals surface area contributed by atoms with Crippen molar-refractivity contribution in [3.63, 3.8) is 0 Å². The van der Waals surface area contributed by atoms with Crippen LogP contribution in [0.5, 0.6) is 5.75 Å². The maximum absolute atomic E-state index is 13.8. The summed E-state index contributed by atoms with van der Waals surface area (Å²) in [5.74, 6) is 0.380. The van der Waals surface area contributed by atoms with Crippen LogP contribution < -0.4 is 4.74 Å². The molecule has 150 valence electrons. The van der Waals surface area contributed by atoms with Gasteiger partial charge in [0.25, 0.3) is 0 Å². The average Bonchev–Trinajstić information content (AvgIpc) is 3.14. The average molecular weight is 415 g/mol. The Hall–Kier alpha value is -2.93. The van der Waals surface area contributed by atoms with Gasteiger partial charge in [-0.25, -0.2) is 9.07 Å². The molecule has 1 aromatic heterocycles. The molecule has 0 saturated carbocycles. The van der Waals surface area contributed by atoms with Crippen molar-refractivity contribution in [1.82, 2.24) is 19.9 Å². The molecule has 0 aliphatic carbocycles. The van der Waals surface area contributed by atoms with Crippen LogP contribution in [0.4, 0.5) is 4.39 Å². The van der Waals surface area contributed by atoms with Crippen molar-refractivity contribution < 1.29 is 13.9 Å². The van der Waals surface area contributed by atoms with E-state index in [1.54, 1.807) is 21.7 Å². The largest absolute Gasteiger partial charge is 0.487 e. The summed E-state index contributed by atoms with van der Waals surface area (Å²) < 4.78 is 21.2. The molecule has 3 aromatic rings. The van der Waals surface area contributed by atoms with E-state index in [0.717, 1.165) is 11.4 Å². The molecule has 1 amide bonds. The first-order valence-electron chi connectivity index (χ1n) is 9.39. The second kappa shape index (κ2) is 8.61. The Labute approximate surface area is 172 Å². The molecule has 6 nitrogen and oxygen atoms in total. The van der Waals surface area contributed by atoms with Crippen LogP contribution in [0.15, 0.2) is 54.7 Å². The highest BCUT2D eigenvalue weighted by Crippen LogP contribution is 2.24. The summed E-state index contributed by atoms with van der Waals surface area (Å²) in [6, 6.07) is 14.1. The summed E-state index contributed by atoms with van der Waals surface area (Å²) in [7, 11) is 0. The van der Waals surface area contributed by atoms with Crippen molar-refractivity contribution in [3.05, 3.63) is 76.8 Å². The number of hydrogen-bond acceptors (Lipinski definition) is 4. The van der Waals surface area contributed by atoms with E-state index < -0.39 is 0 Å². The fourth-order valence-electron chi connectivity index (χ4n) is 3.22. The number of halogens is 2. The molecule has 4 rings (SSSR count). The third-order valence-corrected chi connectivity index (χ3v) is 5.28. The molecule has 1 fully saturated rings. The zero-order valence-electron chi connectivity index (χ0n) is 15.7. The first-order chi connectivity index (χ1) is 14.1.